The molecule has 5 nitrogen and oxygen atoms in total. The SMILES string of the molecule is Cc1ccc(C(C)(C)N2CC[C@@](CCc3ccc(F)s3)([C@H](OC(=O)NC(C)C)C(F)(F)F)C2)cn1. The first-order chi connectivity index (χ1) is 16.2. The molecule has 1 aliphatic heterocycles. The molecule has 2 aromatic rings. The standard InChI is InChI=1S/C25H33F4N3O2S/c1-16(2)31-22(33)34-21(25(27,28)29)24(11-10-19-8-9-20(26)35-19)12-13-32(15-24)23(4,5)18-7-6-17(3)30-14-18/h6-9,14,16,21H,10-13,15H2,1-5H3,(H,31,33)/t21-,24+/m0/s1. The summed E-state index contributed by atoms with van der Waals surface area (Å²) >= 11 is 0.926. The normalized spacial score (nSPS) is 20.3. The Morgan fingerprint density at radius 2 is 1.97 bits per heavy atom. The Kier molecular flexibility index (Phi) is 8.16. The van der Waals surface area contributed by atoms with Crippen molar-refractivity contribution in [1.82, 2.24) is 15.2 Å². The Labute approximate surface area is 207 Å². The Hall–Kier alpha value is -2.20. The van der Waals surface area contributed by atoms with E-state index in [0.717, 1.165) is 22.6 Å². The molecule has 0 saturated carbocycles. The quantitative estimate of drug-likeness (QED) is 0.425. The molecular weight excluding hydrogens is 482 g/mol. The van der Waals surface area contributed by atoms with Crippen molar-refractivity contribution in [2.45, 2.75) is 77.7 Å². The molecule has 2 aromatic heterocycles. The van der Waals surface area contributed by atoms with Gasteiger partial charge in [0.25, 0.3) is 0 Å². The first-order valence-corrected chi connectivity index (χ1v) is 12.5. The molecule has 194 valence electrons. The zero-order valence-electron chi connectivity index (χ0n) is 20.7. The summed E-state index contributed by atoms with van der Waals surface area (Å²) in [5.74, 6) is 0. The highest BCUT2D eigenvalue weighted by atomic mass is 32.1. The number of aromatic nitrogens is 1. The highest BCUT2D eigenvalue weighted by Crippen LogP contribution is 2.49. The van der Waals surface area contributed by atoms with Gasteiger partial charge in [-0.2, -0.15) is 17.6 Å². The number of aryl methyl sites for hydroxylation is 2. The smallest absolute Gasteiger partial charge is 0.426 e. The number of carbonyl (C=O) groups is 1. The van der Waals surface area contributed by atoms with E-state index in [4.69, 9.17) is 4.74 Å². The van der Waals surface area contributed by atoms with E-state index < -0.39 is 29.3 Å². The number of amides is 1. The number of nitrogens with one attached hydrogen (secondary N) is 1. The van der Waals surface area contributed by atoms with E-state index in [1.807, 2.05) is 37.8 Å². The lowest BCUT2D eigenvalue weighted by molar-refractivity contribution is -0.238. The lowest BCUT2D eigenvalue weighted by atomic mass is 9.76. The number of rotatable bonds is 8. The largest absolute Gasteiger partial charge is 0.436 e. The van der Waals surface area contributed by atoms with E-state index in [9.17, 15) is 22.4 Å². The van der Waals surface area contributed by atoms with Crippen LogP contribution in [0.25, 0.3) is 0 Å². The van der Waals surface area contributed by atoms with Crippen LogP contribution >= 0.6 is 11.3 Å². The Balaban J connectivity index is 1.94. The van der Waals surface area contributed by atoms with Crippen molar-refractivity contribution in [3.05, 3.63) is 51.7 Å². The number of carbonyl (C=O) groups excluding carboxylic acids is 1. The number of pyridine rings is 1. The fraction of sp³-hybridized carbons (Fsp3) is 0.600. The second-order valence-electron chi connectivity index (χ2n) is 10.1. The molecular formula is C25H33F4N3O2S. The summed E-state index contributed by atoms with van der Waals surface area (Å²) in [4.78, 5) is 19.3. The number of nitrogens with zero attached hydrogens (tertiary/aromatic N) is 2. The van der Waals surface area contributed by atoms with Crippen LogP contribution < -0.4 is 5.32 Å². The maximum atomic E-state index is 14.4. The fourth-order valence-electron chi connectivity index (χ4n) is 4.71. The van der Waals surface area contributed by atoms with Crippen molar-refractivity contribution in [2.24, 2.45) is 5.41 Å². The van der Waals surface area contributed by atoms with Gasteiger partial charge >= 0.3 is 12.3 Å². The van der Waals surface area contributed by atoms with Crippen molar-refractivity contribution < 1.29 is 27.1 Å². The zero-order chi connectivity index (χ0) is 26.0. The number of thiophene rings is 1. The minimum absolute atomic E-state index is 0.0703. The summed E-state index contributed by atoms with van der Waals surface area (Å²) in [6, 6.07) is 6.36. The van der Waals surface area contributed by atoms with E-state index in [1.165, 1.54) is 6.07 Å². The molecule has 3 heterocycles. The Morgan fingerprint density at radius 3 is 2.51 bits per heavy atom. The molecule has 0 spiro atoms. The molecule has 10 heteroatoms. The van der Waals surface area contributed by atoms with E-state index in [1.54, 1.807) is 26.1 Å². The molecule has 1 amide bonds. The zero-order valence-corrected chi connectivity index (χ0v) is 21.5. The molecule has 0 bridgehead atoms. The molecule has 0 aliphatic carbocycles. The van der Waals surface area contributed by atoms with Crippen LogP contribution in [0.4, 0.5) is 22.4 Å². The van der Waals surface area contributed by atoms with Crippen LogP contribution in [0.5, 0.6) is 0 Å². The van der Waals surface area contributed by atoms with Gasteiger partial charge in [0.1, 0.15) is 0 Å². The van der Waals surface area contributed by atoms with Crippen molar-refractivity contribution in [3.63, 3.8) is 0 Å². The van der Waals surface area contributed by atoms with Crippen LogP contribution in [-0.4, -0.2) is 47.4 Å². The monoisotopic (exact) mass is 515 g/mol. The number of hydrogen-bond donors (Lipinski definition) is 1. The van der Waals surface area contributed by atoms with Crippen LogP contribution in [0.3, 0.4) is 0 Å². The van der Waals surface area contributed by atoms with Gasteiger partial charge in [-0.15, -0.1) is 11.3 Å². The molecule has 1 N–H and O–H groups in total. The molecule has 2 atom stereocenters. The van der Waals surface area contributed by atoms with E-state index in [0.29, 0.717) is 11.4 Å². The average molecular weight is 516 g/mol. The molecule has 35 heavy (non-hydrogen) atoms. The fourth-order valence-corrected chi connectivity index (χ4v) is 5.44. The van der Waals surface area contributed by atoms with E-state index in [2.05, 4.69) is 10.3 Å². The maximum absolute atomic E-state index is 14.4. The summed E-state index contributed by atoms with van der Waals surface area (Å²) in [5, 5.41) is 2.03. The maximum Gasteiger partial charge on any atom is 0.426 e. The minimum atomic E-state index is -4.76. The van der Waals surface area contributed by atoms with Crippen LogP contribution in [-0.2, 0) is 16.7 Å². The Bertz CT molecular complexity index is 1010. The van der Waals surface area contributed by atoms with Crippen LogP contribution in [0, 0.1) is 17.5 Å². The summed E-state index contributed by atoms with van der Waals surface area (Å²) in [5.41, 5.74) is -0.234. The number of halogens is 4. The molecule has 0 aromatic carbocycles. The first kappa shape index (κ1) is 27.4. The average Bonchev–Trinajstić information content (AvgIpc) is 3.37. The van der Waals surface area contributed by atoms with Gasteiger partial charge in [-0.3, -0.25) is 9.88 Å². The van der Waals surface area contributed by atoms with E-state index >= 15 is 0 Å². The topological polar surface area (TPSA) is 54.5 Å². The highest BCUT2D eigenvalue weighted by Gasteiger charge is 2.59. The van der Waals surface area contributed by atoms with Gasteiger partial charge in [0.05, 0.1) is 0 Å². The molecule has 0 radical (unpaired) electrons. The van der Waals surface area contributed by atoms with Gasteiger partial charge in [-0.1, -0.05) is 6.07 Å². The molecule has 0 unspecified atom stereocenters. The molecule has 3 rings (SSSR count). The Morgan fingerprint density at radius 1 is 1.26 bits per heavy atom. The van der Waals surface area contributed by atoms with Gasteiger partial charge in [-0.25, -0.2) is 4.79 Å². The van der Waals surface area contributed by atoms with Crippen LogP contribution in [0.1, 0.15) is 56.7 Å². The molecule has 1 aliphatic rings. The second kappa shape index (κ2) is 10.4. The van der Waals surface area contributed by atoms with Gasteiger partial charge < -0.3 is 10.1 Å². The van der Waals surface area contributed by atoms with Crippen molar-refractivity contribution in [3.8, 4) is 0 Å². The van der Waals surface area contributed by atoms with Gasteiger partial charge in [0.2, 0.25) is 6.10 Å². The predicted molar refractivity (Wildman–Crippen MR) is 128 cm³/mol. The number of hydrogen-bond acceptors (Lipinski definition) is 5. The van der Waals surface area contributed by atoms with Crippen molar-refractivity contribution in [1.29, 1.82) is 0 Å². The summed E-state index contributed by atoms with van der Waals surface area (Å²) in [6.07, 6.45) is -5.86. The van der Waals surface area contributed by atoms with Gasteiger partial charge in [-0.05, 0) is 84.2 Å². The van der Waals surface area contributed by atoms with Crippen LogP contribution in [0.15, 0.2) is 30.5 Å². The third kappa shape index (κ3) is 6.52. The summed E-state index contributed by atoms with van der Waals surface area (Å²) in [6.45, 7) is 9.56. The van der Waals surface area contributed by atoms with Crippen LogP contribution in [0.2, 0.25) is 0 Å². The number of likely N-dealkylation sites (tertiary alicyclic amines) is 1. The lowest BCUT2D eigenvalue weighted by Crippen LogP contribution is -2.52. The summed E-state index contributed by atoms with van der Waals surface area (Å²) < 4.78 is 62.0. The first-order valence-electron chi connectivity index (χ1n) is 11.7. The highest BCUT2D eigenvalue weighted by molar-refractivity contribution is 7.10. The van der Waals surface area contributed by atoms with E-state index in [-0.39, 0.29) is 37.0 Å². The van der Waals surface area contributed by atoms with Gasteiger partial charge in [0.15, 0.2) is 5.13 Å². The van der Waals surface area contributed by atoms with Crippen molar-refractivity contribution >= 4 is 17.4 Å². The van der Waals surface area contributed by atoms with Gasteiger partial charge in [0, 0.05) is 40.3 Å². The molecule has 1 fully saturated rings. The molecule has 1 saturated heterocycles. The number of alkyl carbamates (subject to hydrolysis) is 1. The van der Waals surface area contributed by atoms with Crippen molar-refractivity contribution in [2.75, 3.05) is 13.1 Å². The third-order valence-electron chi connectivity index (χ3n) is 6.78. The minimum Gasteiger partial charge on any atom is -0.436 e. The lowest BCUT2D eigenvalue weighted by Gasteiger charge is -2.41. The second-order valence-corrected chi connectivity index (χ2v) is 11.2. The number of alkyl halides is 3. The third-order valence-corrected chi connectivity index (χ3v) is 7.71. The predicted octanol–water partition coefficient (Wildman–Crippen LogP) is 6.22. The number of ether oxygens (including phenoxy) is 1. The summed E-state index contributed by atoms with van der Waals surface area (Å²) in [7, 11) is 0.